The van der Waals surface area contributed by atoms with Gasteiger partial charge in [-0.1, -0.05) is 6.92 Å². The second-order valence-corrected chi connectivity index (χ2v) is 4.25. The van der Waals surface area contributed by atoms with Gasteiger partial charge in [-0.25, -0.2) is 0 Å². The molecule has 5 heteroatoms. The van der Waals surface area contributed by atoms with Crippen LogP contribution < -0.4 is 15.2 Å². The van der Waals surface area contributed by atoms with Crippen LogP contribution in [0, 0.1) is 0 Å². The molecule has 1 heterocycles. The SMILES string of the molecule is CCc1c(-c2cnn(C)c2N)ccc(OC)c1OC. The number of aryl methyl sites for hydroxylation is 1. The zero-order valence-electron chi connectivity index (χ0n) is 11.7. The lowest BCUT2D eigenvalue weighted by atomic mass is 9.98. The lowest BCUT2D eigenvalue weighted by Crippen LogP contribution is -2.01. The van der Waals surface area contributed by atoms with Crippen LogP contribution in [0.25, 0.3) is 11.1 Å². The zero-order valence-corrected chi connectivity index (χ0v) is 11.7. The largest absolute Gasteiger partial charge is 0.493 e. The monoisotopic (exact) mass is 261 g/mol. The number of methoxy groups -OCH3 is 2. The summed E-state index contributed by atoms with van der Waals surface area (Å²) in [7, 11) is 5.11. The van der Waals surface area contributed by atoms with Crippen molar-refractivity contribution in [1.29, 1.82) is 0 Å². The summed E-state index contributed by atoms with van der Waals surface area (Å²) in [6.07, 6.45) is 2.60. The Morgan fingerprint density at radius 3 is 2.42 bits per heavy atom. The number of benzene rings is 1. The van der Waals surface area contributed by atoms with E-state index in [1.165, 1.54) is 0 Å². The molecule has 2 rings (SSSR count). The van der Waals surface area contributed by atoms with Gasteiger partial charge in [0.15, 0.2) is 11.5 Å². The lowest BCUT2D eigenvalue weighted by Gasteiger charge is -2.15. The highest BCUT2D eigenvalue weighted by Crippen LogP contribution is 2.39. The average Bonchev–Trinajstić information content (AvgIpc) is 2.77. The maximum Gasteiger partial charge on any atom is 0.164 e. The Bertz CT molecular complexity index is 591. The molecule has 102 valence electrons. The van der Waals surface area contributed by atoms with Gasteiger partial charge in [-0.05, 0) is 24.1 Å². The van der Waals surface area contributed by atoms with Crippen LogP contribution in [0.15, 0.2) is 18.3 Å². The van der Waals surface area contributed by atoms with Gasteiger partial charge in [0, 0.05) is 18.2 Å². The second kappa shape index (κ2) is 5.22. The first-order valence-corrected chi connectivity index (χ1v) is 6.15. The van der Waals surface area contributed by atoms with Gasteiger partial charge in [-0.2, -0.15) is 5.10 Å². The maximum absolute atomic E-state index is 6.05. The molecule has 0 aliphatic heterocycles. The molecule has 0 aliphatic carbocycles. The topological polar surface area (TPSA) is 62.3 Å². The summed E-state index contributed by atoms with van der Waals surface area (Å²) in [4.78, 5) is 0. The molecule has 0 radical (unpaired) electrons. The van der Waals surface area contributed by atoms with Crippen molar-refractivity contribution in [2.75, 3.05) is 20.0 Å². The predicted molar refractivity (Wildman–Crippen MR) is 75.5 cm³/mol. The minimum Gasteiger partial charge on any atom is -0.493 e. The van der Waals surface area contributed by atoms with Crippen molar-refractivity contribution in [3.05, 3.63) is 23.9 Å². The Morgan fingerprint density at radius 1 is 1.21 bits per heavy atom. The van der Waals surface area contributed by atoms with Crippen LogP contribution in [0.4, 0.5) is 5.82 Å². The molecule has 0 aliphatic rings. The molecule has 0 unspecified atom stereocenters. The molecule has 0 amide bonds. The summed E-state index contributed by atoms with van der Waals surface area (Å²) < 4.78 is 12.5. The Morgan fingerprint density at radius 2 is 1.95 bits per heavy atom. The van der Waals surface area contributed by atoms with E-state index in [0.29, 0.717) is 5.82 Å². The molecule has 0 fully saturated rings. The third-order valence-corrected chi connectivity index (χ3v) is 3.28. The molecule has 1 aromatic carbocycles. The van der Waals surface area contributed by atoms with E-state index in [0.717, 1.165) is 34.6 Å². The van der Waals surface area contributed by atoms with Crippen LogP contribution in [0.5, 0.6) is 11.5 Å². The summed E-state index contributed by atoms with van der Waals surface area (Å²) in [6, 6.07) is 3.88. The highest BCUT2D eigenvalue weighted by atomic mass is 16.5. The molecule has 0 bridgehead atoms. The van der Waals surface area contributed by atoms with E-state index in [2.05, 4.69) is 12.0 Å². The minimum atomic E-state index is 0.641. The number of ether oxygens (including phenoxy) is 2. The van der Waals surface area contributed by atoms with Crippen molar-refractivity contribution in [2.45, 2.75) is 13.3 Å². The molecule has 1 aromatic heterocycles. The first-order chi connectivity index (χ1) is 9.13. The Labute approximate surface area is 112 Å². The van der Waals surface area contributed by atoms with Crippen molar-refractivity contribution in [3.63, 3.8) is 0 Å². The summed E-state index contributed by atoms with van der Waals surface area (Å²) >= 11 is 0. The Balaban J connectivity index is 2.67. The fourth-order valence-corrected chi connectivity index (χ4v) is 2.25. The minimum absolute atomic E-state index is 0.641. The number of aromatic nitrogens is 2. The summed E-state index contributed by atoms with van der Waals surface area (Å²) in [5, 5.41) is 4.19. The molecule has 0 spiro atoms. The number of nitrogens with two attached hydrogens (primary N) is 1. The van der Waals surface area contributed by atoms with Crippen molar-refractivity contribution >= 4 is 5.82 Å². The third-order valence-electron chi connectivity index (χ3n) is 3.28. The van der Waals surface area contributed by atoms with Gasteiger partial charge in [0.25, 0.3) is 0 Å². The smallest absolute Gasteiger partial charge is 0.164 e. The van der Waals surface area contributed by atoms with E-state index < -0.39 is 0 Å². The van der Waals surface area contributed by atoms with Gasteiger partial charge >= 0.3 is 0 Å². The standard InChI is InChI=1S/C14H19N3O2/c1-5-9-10(11-8-16-17(2)14(11)15)6-7-12(18-3)13(9)19-4/h6-8H,5,15H2,1-4H3. The van der Waals surface area contributed by atoms with Crippen molar-refractivity contribution < 1.29 is 9.47 Å². The quantitative estimate of drug-likeness (QED) is 0.917. The van der Waals surface area contributed by atoms with Gasteiger partial charge in [-0.3, -0.25) is 4.68 Å². The molecular formula is C14H19N3O2. The molecule has 0 atom stereocenters. The Hall–Kier alpha value is -2.17. The molecule has 5 nitrogen and oxygen atoms in total. The number of rotatable bonds is 4. The van der Waals surface area contributed by atoms with E-state index >= 15 is 0 Å². The van der Waals surface area contributed by atoms with E-state index in [1.54, 1.807) is 25.1 Å². The number of nitrogen functional groups attached to an aromatic ring is 1. The number of anilines is 1. The normalized spacial score (nSPS) is 10.5. The van der Waals surface area contributed by atoms with Crippen molar-refractivity contribution in [1.82, 2.24) is 9.78 Å². The van der Waals surface area contributed by atoms with Crippen LogP contribution >= 0.6 is 0 Å². The van der Waals surface area contributed by atoms with Crippen LogP contribution in [-0.2, 0) is 13.5 Å². The first-order valence-electron chi connectivity index (χ1n) is 6.15. The zero-order chi connectivity index (χ0) is 14.0. The number of hydrogen-bond acceptors (Lipinski definition) is 4. The van der Waals surface area contributed by atoms with E-state index in [4.69, 9.17) is 15.2 Å². The molecule has 2 N–H and O–H groups in total. The van der Waals surface area contributed by atoms with Crippen LogP contribution in [0.2, 0.25) is 0 Å². The van der Waals surface area contributed by atoms with Crippen LogP contribution in [-0.4, -0.2) is 24.0 Å². The second-order valence-electron chi connectivity index (χ2n) is 4.25. The fourth-order valence-electron chi connectivity index (χ4n) is 2.25. The highest BCUT2D eigenvalue weighted by molar-refractivity contribution is 5.79. The van der Waals surface area contributed by atoms with Gasteiger partial charge in [0.05, 0.1) is 20.4 Å². The van der Waals surface area contributed by atoms with E-state index in [9.17, 15) is 0 Å². The molecule has 0 saturated carbocycles. The summed E-state index contributed by atoms with van der Waals surface area (Å²) in [5.41, 5.74) is 9.07. The molecule has 19 heavy (non-hydrogen) atoms. The highest BCUT2D eigenvalue weighted by Gasteiger charge is 2.17. The van der Waals surface area contributed by atoms with Gasteiger partial charge in [-0.15, -0.1) is 0 Å². The lowest BCUT2D eigenvalue weighted by molar-refractivity contribution is 0.352. The van der Waals surface area contributed by atoms with Gasteiger partial charge in [0.1, 0.15) is 5.82 Å². The predicted octanol–water partition coefficient (Wildman–Crippen LogP) is 2.25. The van der Waals surface area contributed by atoms with Crippen molar-refractivity contribution in [2.24, 2.45) is 7.05 Å². The van der Waals surface area contributed by atoms with Crippen LogP contribution in [0.1, 0.15) is 12.5 Å². The van der Waals surface area contributed by atoms with Crippen molar-refractivity contribution in [3.8, 4) is 22.6 Å². The number of nitrogens with zero attached hydrogens (tertiary/aromatic N) is 2. The van der Waals surface area contributed by atoms with Gasteiger partial charge < -0.3 is 15.2 Å². The average molecular weight is 261 g/mol. The van der Waals surface area contributed by atoms with Crippen LogP contribution in [0.3, 0.4) is 0 Å². The van der Waals surface area contributed by atoms with E-state index in [1.807, 2.05) is 19.2 Å². The van der Waals surface area contributed by atoms with Gasteiger partial charge in [0.2, 0.25) is 0 Å². The Kier molecular flexibility index (Phi) is 3.64. The first kappa shape index (κ1) is 13.3. The molecule has 0 saturated heterocycles. The maximum atomic E-state index is 6.05. The fraction of sp³-hybridized carbons (Fsp3) is 0.357. The van der Waals surface area contributed by atoms with E-state index in [-0.39, 0.29) is 0 Å². The molecule has 2 aromatic rings. The summed E-state index contributed by atoms with van der Waals surface area (Å²) in [5.74, 6) is 2.12. The third kappa shape index (κ3) is 2.12. The summed E-state index contributed by atoms with van der Waals surface area (Å²) in [6.45, 7) is 2.08. The number of hydrogen-bond donors (Lipinski definition) is 1. The molecular weight excluding hydrogens is 242 g/mol.